The molecule has 0 aliphatic heterocycles. The highest BCUT2D eigenvalue weighted by atomic mass is 32.2. The zero-order valence-corrected chi connectivity index (χ0v) is 12.2. The molecule has 0 radical (unpaired) electrons. The maximum Gasteiger partial charge on any atom is 0.0419 e. The fourth-order valence-corrected chi connectivity index (χ4v) is 2.30. The van der Waals surface area contributed by atoms with Crippen molar-refractivity contribution >= 4 is 11.8 Å². The third kappa shape index (κ3) is 6.08. The zero-order valence-electron chi connectivity index (χ0n) is 11.4. The molecule has 3 heteroatoms. The standard InChI is InChI=1S/C14H24N2S/c1-5-11-6-7-13(16-9-11)8-12(15)10-17-14(2,3)4/h6-7,9,12H,5,8,10,15H2,1-4H3. The lowest BCUT2D eigenvalue weighted by molar-refractivity contribution is 0.720. The minimum Gasteiger partial charge on any atom is -0.327 e. The monoisotopic (exact) mass is 252 g/mol. The van der Waals surface area contributed by atoms with Gasteiger partial charge in [0.05, 0.1) is 0 Å². The first-order valence-electron chi connectivity index (χ1n) is 6.24. The lowest BCUT2D eigenvalue weighted by Crippen LogP contribution is -2.28. The van der Waals surface area contributed by atoms with Crippen LogP contribution in [0.5, 0.6) is 0 Å². The molecule has 0 aliphatic rings. The molecule has 0 aromatic carbocycles. The van der Waals surface area contributed by atoms with Crippen LogP contribution in [0.25, 0.3) is 0 Å². The minimum absolute atomic E-state index is 0.194. The van der Waals surface area contributed by atoms with Gasteiger partial charge in [0.25, 0.3) is 0 Å². The summed E-state index contributed by atoms with van der Waals surface area (Å²) in [7, 11) is 0. The Morgan fingerprint density at radius 1 is 1.35 bits per heavy atom. The molecule has 1 rings (SSSR count). The van der Waals surface area contributed by atoms with Gasteiger partial charge in [-0.15, -0.1) is 0 Å². The van der Waals surface area contributed by atoms with Gasteiger partial charge in [-0.2, -0.15) is 11.8 Å². The predicted molar refractivity (Wildman–Crippen MR) is 77.5 cm³/mol. The van der Waals surface area contributed by atoms with E-state index in [1.807, 2.05) is 18.0 Å². The van der Waals surface area contributed by atoms with Crippen LogP contribution in [0.3, 0.4) is 0 Å². The Morgan fingerprint density at radius 3 is 2.53 bits per heavy atom. The number of pyridine rings is 1. The highest BCUT2D eigenvalue weighted by molar-refractivity contribution is 8.00. The van der Waals surface area contributed by atoms with Crippen LogP contribution in [0.1, 0.15) is 39.0 Å². The number of aromatic nitrogens is 1. The number of aryl methyl sites for hydroxylation is 1. The maximum absolute atomic E-state index is 6.12. The molecule has 0 amide bonds. The molecule has 2 nitrogen and oxygen atoms in total. The molecule has 0 spiro atoms. The van der Waals surface area contributed by atoms with Crippen molar-refractivity contribution in [1.82, 2.24) is 4.98 Å². The lowest BCUT2D eigenvalue weighted by atomic mass is 10.1. The Labute approximate surface area is 109 Å². The lowest BCUT2D eigenvalue weighted by Gasteiger charge is -2.20. The molecule has 96 valence electrons. The van der Waals surface area contributed by atoms with Gasteiger partial charge < -0.3 is 5.73 Å². The molecule has 0 aliphatic carbocycles. The van der Waals surface area contributed by atoms with E-state index in [-0.39, 0.29) is 10.8 Å². The SMILES string of the molecule is CCc1ccc(CC(N)CSC(C)(C)C)nc1. The second-order valence-electron chi connectivity index (χ2n) is 5.40. The molecule has 2 N–H and O–H groups in total. The van der Waals surface area contributed by atoms with E-state index in [2.05, 4.69) is 44.8 Å². The number of hydrogen-bond acceptors (Lipinski definition) is 3. The molecule has 1 unspecified atom stereocenters. The molecule has 0 bridgehead atoms. The summed E-state index contributed by atoms with van der Waals surface area (Å²) in [6, 6.07) is 4.44. The Kier molecular flexibility index (Phi) is 5.47. The van der Waals surface area contributed by atoms with Gasteiger partial charge >= 0.3 is 0 Å². The third-order valence-electron chi connectivity index (χ3n) is 2.50. The highest BCUT2D eigenvalue weighted by Gasteiger charge is 2.13. The molecule has 17 heavy (non-hydrogen) atoms. The van der Waals surface area contributed by atoms with Crippen LogP contribution in [0.15, 0.2) is 18.3 Å². The van der Waals surface area contributed by atoms with Gasteiger partial charge in [-0.1, -0.05) is 33.8 Å². The Hall–Kier alpha value is -0.540. The Balaban J connectivity index is 2.42. The van der Waals surface area contributed by atoms with Gasteiger partial charge in [-0.25, -0.2) is 0 Å². The Bertz CT molecular complexity index is 327. The van der Waals surface area contributed by atoms with Gasteiger partial charge in [-0.05, 0) is 18.1 Å². The fourth-order valence-electron chi connectivity index (χ4n) is 1.47. The van der Waals surface area contributed by atoms with Gasteiger partial charge in [0.15, 0.2) is 0 Å². The smallest absolute Gasteiger partial charge is 0.0419 e. The van der Waals surface area contributed by atoms with Crippen molar-refractivity contribution in [3.05, 3.63) is 29.6 Å². The van der Waals surface area contributed by atoms with Crippen molar-refractivity contribution in [3.63, 3.8) is 0 Å². The average molecular weight is 252 g/mol. The summed E-state index contributed by atoms with van der Waals surface area (Å²) in [5.74, 6) is 0.987. The number of hydrogen-bond donors (Lipinski definition) is 1. The zero-order chi connectivity index (χ0) is 12.9. The van der Waals surface area contributed by atoms with Gasteiger partial charge in [0, 0.05) is 34.9 Å². The van der Waals surface area contributed by atoms with Crippen LogP contribution in [-0.4, -0.2) is 21.5 Å². The fraction of sp³-hybridized carbons (Fsp3) is 0.643. The average Bonchev–Trinajstić information content (AvgIpc) is 2.27. The second kappa shape index (κ2) is 6.41. The van der Waals surface area contributed by atoms with Gasteiger partial charge in [0.1, 0.15) is 0 Å². The van der Waals surface area contributed by atoms with E-state index in [0.29, 0.717) is 0 Å². The minimum atomic E-state index is 0.194. The molecular formula is C14H24N2S. The summed E-state index contributed by atoms with van der Waals surface area (Å²) in [6.07, 6.45) is 3.87. The quantitative estimate of drug-likeness (QED) is 0.875. The van der Waals surface area contributed by atoms with E-state index in [0.717, 1.165) is 24.3 Å². The van der Waals surface area contributed by atoms with Crippen molar-refractivity contribution in [2.24, 2.45) is 5.73 Å². The van der Waals surface area contributed by atoms with Crippen LogP contribution in [-0.2, 0) is 12.8 Å². The van der Waals surface area contributed by atoms with E-state index in [4.69, 9.17) is 5.73 Å². The van der Waals surface area contributed by atoms with Crippen molar-refractivity contribution in [2.45, 2.75) is 51.3 Å². The van der Waals surface area contributed by atoms with Gasteiger partial charge in [0.2, 0.25) is 0 Å². The van der Waals surface area contributed by atoms with E-state index in [1.165, 1.54) is 5.56 Å². The van der Waals surface area contributed by atoms with Crippen LogP contribution < -0.4 is 5.73 Å². The Morgan fingerprint density at radius 2 is 2.06 bits per heavy atom. The molecular weight excluding hydrogens is 228 g/mol. The first kappa shape index (κ1) is 14.5. The van der Waals surface area contributed by atoms with E-state index >= 15 is 0 Å². The van der Waals surface area contributed by atoms with Gasteiger partial charge in [-0.3, -0.25) is 4.98 Å². The van der Waals surface area contributed by atoms with E-state index in [9.17, 15) is 0 Å². The summed E-state index contributed by atoms with van der Waals surface area (Å²) in [5, 5.41) is 0. The van der Waals surface area contributed by atoms with Crippen LogP contribution in [0.2, 0.25) is 0 Å². The molecule has 1 aromatic rings. The molecule has 0 saturated heterocycles. The number of thioether (sulfide) groups is 1. The van der Waals surface area contributed by atoms with Crippen molar-refractivity contribution in [2.75, 3.05) is 5.75 Å². The number of nitrogens with zero attached hydrogens (tertiary/aromatic N) is 1. The molecule has 0 fully saturated rings. The van der Waals surface area contributed by atoms with Crippen molar-refractivity contribution < 1.29 is 0 Å². The van der Waals surface area contributed by atoms with Crippen LogP contribution in [0.4, 0.5) is 0 Å². The summed E-state index contributed by atoms with van der Waals surface area (Å²) >= 11 is 1.92. The largest absolute Gasteiger partial charge is 0.327 e. The van der Waals surface area contributed by atoms with E-state index < -0.39 is 0 Å². The highest BCUT2D eigenvalue weighted by Crippen LogP contribution is 2.23. The van der Waals surface area contributed by atoms with E-state index in [1.54, 1.807) is 0 Å². The molecule has 1 atom stereocenters. The topological polar surface area (TPSA) is 38.9 Å². The molecule has 1 aromatic heterocycles. The number of rotatable bonds is 5. The summed E-state index contributed by atoms with van der Waals surface area (Å²) in [5.41, 5.74) is 8.51. The van der Waals surface area contributed by atoms with Crippen molar-refractivity contribution in [3.8, 4) is 0 Å². The van der Waals surface area contributed by atoms with Crippen LogP contribution >= 0.6 is 11.8 Å². The van der Waals surface area contributed by atoms with Crippen molar-refractivity contribution in [1.29, 1.82) is 0 Å². The molecule has 0 saturated carbocycles. The van der Waals surface area contributed by atoms with Crippen LogP contribution in [0, 0.1) is 0 Å². The third-order valence-corrected chi connectivity index (χ3v) is 3.96. The number of nitrogens with two attached hydrogens (primary N) is 1. The normalized spacial score (nSPS) is 13.7. The predicted octanol–water partition coefficient (Wildman–Crippen LogP) is 3.05. The molecule has 1 heterocycles. The first-order valence-corrected chi connectivity index (χ1v) is 7.22. The first-order chi connectivity index (χ1) is 7.90. The maximum atomic E-state index is 6.12. The second-order valence-corrected chi connectivity index (χ2v) is 7.25. The summed E-state index contributed by atoms with van der Waals surface area (Å²) in [6.45, 7) is 8.80. The summed E-state index contributed by atoms with van der Waals surface area (Å²) in [4.78, 5) is 4.44. The summed E-state index contributed by atoms with van der Waals surface area (Å²) < 4.78 is 0.289.